The van der Waals surface area contributed by atoms with Crippen LogP contribution in [0.1, 0.15) is 45.6 Å². The molecule has 10 heteroatoms. The van der Waals surface area contributed by atoms with Gasteiger partial charge < -0.3 is 20.1 Å². The average molecular weight is 570 g/mol. The maximum Gasteiger partial charge on any atom is 0.407 e. The molecule has 1 saturated carbocycles. The molecular weight excluding hydrogens is 530 g/mol. The molecule has 4 atom stereocenters. The highest BCUT2D eigenvalue weighted by atomic mass is 32.2. The molecule has 2 N–H and O–H groups in total. The fraction of sp³-hybridized carbons (Fsp3) is 0.467. The Morgan fingerprint density at radius 1 is 1.00 bits per heavy atom. The van der Waals surface area contributed by atoms with Crippen LogP contribution in [0.5, 0.6) is 0 Å². The minimum absolute atomic E-state index is 0.0222. The molecule has 0 spiro atoms. The summed E-state index contributed by atoms with van der Waals surface area (Å²) >= 11 is 0. The maximum absolute atomic E-state index is 14.0. The van der Waals surface area contributed by atoms with Crippen molar-refractivity contribution in [3.05, 3.63) is 78.4 Å². The molecule has 40 heavy (non-hydrogen) atoms. The van der Waals surface area contributed by atoms with Gasteiger partial charge in [0, 0.05) is 25.2 Å². The third-order valence-electron chi connectivity index (χ3n) is 7.69. The molecule has 0 bridgehead atoms. The highest BCUT2D eigenvalue weighted by molar-refractivity contribution is 7.89. The normalized spacial score (nSPS) is 24.2. The fourth-order valence-electron chi connectivity index (χ4n) is 5.50. The molecule has 4 rings (SSSR count). The first-order valence-corrected chi connectivity index (χ1v) is 15.1. The number of nitrogens with one attached hydrogen (secondary N) is 1. The van der Waals surface area contributed by atoms with Gasteiger partial charge in [0.2, 0.25) is 10.0 Å². The zero-order valence-corrected chi connectivity index (χ0v) is 24.1. The maximum atomic E-state index is 14.0. The lowest BCUT2D eigenvalue weighted by Crippen LogP contribution is -2.64. The van der Waals surface area contributed by atoms with Gasteiger partial charge in [-0.15, -0.1) is 0 Å². The first kappa shape index (κ1) is 29.6. The van der Waals surface area contributed by atoms with Gasteiger partial charge >= 0.3 is 12.2 Å². The van der Waals surface area contributed by atoms with Crippen LogP contribution in [0.3, 0.4) is 0 Å². The van der Waals surface area contributed by atoms with E-state index < -0.39 is 39.7 Å². The first-order valence-electron chi connectivity index (χ1n) is 13.7. The summed E-state index contributed by atoms with van der Waals surface area (Å²) in [6.07, 6.45) is 4.69. The van der Waals surface area contributed by atoms with E-state index in [-0.39, 0.29) is 36.6 Å². The summed E-state index contributed by atoms with van der Waals surface area (Å²) < 4.78 is 34.8. The van der Waals surface area contributed by atoms with Crippen molar-refractivity contribution in [3.8, 4) is 0 Å². The van der Waals surface area contributed by atoms with Crippen LogP contribution in [-0.4, -0.2) is 66.1 Å². The summed E-state index contributed by atoms with van der Waals surface area (Å²) in [5.41, 5.74) is 0.371. The molecule has 2 aliphatic rings. The van der Waals surface area contributed by atoms with E-state index in [1.165, 1.54) is 9.21 Å². The Morgan fingerprint density at radius 2 is 1.65 bits per heavy atom. The molecule has 2 amide bonds. The van der Waals surface area contributed by atoms with Gasteiger partial charge in [0.15, 0.2) is 0 Å². The van der Waals surface area contributed by atoms with Gasteiger partial charge in [-0.25, -0.2) is 18.0 Å². The van der Waals surface area contributed by atoms with E-state index in [4.69, 9.17) is 4.74 Å². The van der Waals surface area contributed by atoms with Crippen LogP contribution in [0.15, 0.2) is 77.7 Å². The number of piperazine rings is 1. The summed E-state index contributed by atoms with van der Waals surface area (Å²) in [7, 11) is -3.93. The van der Waals surface area contributed by atoms with Crippen LogP contribution in [-0.2, 0) is 21.4 Å². The number of rotatable bonds is 7. The standard InChI is InChI=1S/C30H39N3O6S/c1-30(2,3)27-20-32(29(35)36)19-24(33(27)40(37,38)25-14-8-5-9-15-25)18-17-23-13-10-16-26(23)31-28(34)39-21-22-11-6-4-7-12-22/h4-9,11-12,14-15,17-18,23-24,26-27H,10,13,16,19-21H2,1-3H3,(H,31,34)(H,35,36)/b18-17+/t23-,24?,26+,27?/m1/s1. The molecule has 2 aromatic carbocycles. The van der Waals surface area contributed by atoms with Gasteiger partial charge in [0.25, 0.3) is 0 Å². The predicted molar refractivity (Wildman–Crippen MR) is 152 cm³/mol. The third kappa shape index (κ3) is 7.03. The first-order chi connectivity index (χ1) is 19.0. The van der Waals surface area contributed by atoms with Crippen molar-refractivity contribution in [1.29, 1.82) is 0 Å². The third-order valence-corrected chi connectivity index (χ3v) is 9.64. The van der Waals surface area contributed by atoms with Gasteiger partial charge in [-0.05, 0) is 41.9 Å². The monoisotopic (exact) mass is 569 g/mol. The quantitative estimate of drug-likeness (QED) is 0.448. The van der Waals surface area contributed by atoms with Crippen LogP contribution < -0.4 is 5.32 Å². The van der Waals surface area contributed by atoms with Crippen molar-refractivity contribution in [2.24, 2.45) is 11.3 Å². The SMILES string of the molecule is CC(C)(C)C1CN(C(=O)O)CC(/C=C/[C@H]2CCC[C@@H]2NC(=O)OCc2ccccc2)N1S(=O)(=O)c1ccccc1. The molecule has 1 aliphatic carbocycles. The molecule has 1 aliphatic heterocycles. The molecule has 0 radical (unpaired) electrons. The fourth-order valence-corrected chi connectivity index (χ4v) is 7.46. The summed E-state index contributed by atoms with van der Waals surface area (Å²) in [5.74, 6) is -0.0288. The molecule has 2 unspecified atom stereocenters. The van der Waals surface area contributed by atoms with Crippen molar-refractivity contribution >= 4 is 22.2 Å². The second kappa shape index (κ2) is 12.4. The van der Waals surface area contributed by atoms with E-state index in [1.807, 2.05) is 63.3 Å². The number of ether oxygens (including phenoxy) is 1. The van der Waals surface area contributed by atoms with E-state index in [0.717, 1.165) is 24.8 Å². The van der Waals surface area contributed by atoms with Crippen molar-refractivity contribution < 1.29 is 27.9 Å². The van der Waals surface area contributed by atoms with Gasteiger partial charge in [0.1, 0.15) is 6.61 Å². The lowest BCUT2D eigenvalue weighted by Gasteiger charge is -2.49. The Bertz CT molecular complexity index is 1290. The molecule has 2 aromatic rings. The van der Waals surface area contributed by atoms with Crippen molar-refractivity contribution in [2.45, 2.75) is 69.7 Å². The van der Waals surface area contributed by atoms with Gasteiger partial charge in [-0.2, -0.15) is 4.31 Å². The number of carboxylic acid groups (broad SMARTS) is 1. The van der Waals surface area contributed by atoms with Crippen molar-refractivity contribution in [1.82, 2.24) is 14.5 Å². The number of sulfonamides is 1. The molecule has 2 fully saturated rings. The van der Waals surface area contributed by atoms with E-state index in [0.29, 0.717) is 0 Å². The summed E-state index contributed by atoms with van der Waals surface area (Å²) in [5, 5.41) is 12.8. The molecule has 216 valence electrons. The highest BCUT2D eigenvalue weighted by Gasteiger charge is 2.47. The summed E-state index contributed by atoms with van der Waals surface area (Å²) in [6.45, 7) is 6.05. The molecule has 0 aromatic heterocycles. The highest BCUT2D eigenvalue weighted by Crippen LogP contribution is 2.36. The Balaban J connectivity index is 1.56. The molecule has 9 nitrogen and oxygen atoms in total. The van der Waals surface area contributed by atoms with Gasteiger partial charge in [0.05, 0.1) is 10.9 Å². The Morgan fingerprint density at radius 3 is 2.27 bits per heavy atom. The molecular formula is C30H39N3O6S. The second-order valence-electron chi connectivity index (χ2n) is 11.6. The van der Waals surface area contributed by atoms with Crippen LogP contribution in [0, 0.1) is 11.3 Å². The number of nitrogens with zero attached hydrogens (tertiary/aromatic N) is 2. The van der Waals surface area contributed by atoms with Crippen LogP contribution in [0.2, 0.25) is 0 Å². The van der Waals surface area contributed by atoms with Crippen LogP contribution in [0.4, 0.5) is 9.59 Å². The van der Waals surface area contributed by atoms with Gasteiger partial charge in [-0.3, -0.25) is 0 Å². The lowest BCUT2D eigenvalue weighted by molar-refractivity contribution is 0.0466. The number of alkyl carbamates (subject to hydrolysis) is 1. The average Bonchev–Trinajstić information content (AvgIpc) is 3.37. The van der Waals surface area contributed by atoms with Crippen molar-refractivity contribution in [3.63, 3.8) is 0 Å². The number of carbonyl (C=O) groups is 2. The second-order valence-corrected chi connectivity index (χ2v) is 13.4. The number of amides is 2. The summed E-state index contributed by atoms with van der Waals surface area (Å²) in [6, 6.07) is 16.3. The van der Waals surface area contributed by atoms with Crippen LogP contribution in [0.25, 0.3) is 0 Å². The van der Waals surface area contributed by atoms with E-state index in [2.05, 4.69) is 5.32 Å². The Kier molecular flexibility index (Phi) is 9.20. The Hall–Kier alpha value is -3.37. The summed E-state index contributed by atoms with van der Waals surface area (Å²) in [4.78, 5) is 26.1. The van der Waals surface area contributed by atoms with Crippen molar-refractivity contribution in [2.75, 3.05) is 13.1 Å². The van der Waals surface area contributed by atoms with E-state index in [9.17, 15) is 23.1 Å². The number of benzene rings is 2. The topological polar surface area (TPSA) is 116 Å². The minimum atomic E-state index is -3.93. The lowest BCUT2D eigenvalue weighted by atomic mass is 9.84. The van der Waals surface area contributed by atoms with E-state index >= 15 is 0 Å². The van der Waals surface area contributed by atoms with Crippen LogP contribution >= 0.6 is 0 Å². The zero-order chi connectivity index (χ0) is 28.9. The molecule has 1 saturated heterocycles. The number of carbonyl (C=O) groups excluding carboxylic acids is 1. The minimum Gasteiger partial charge on any atom is -0.465 e. The van der Waals surface area contributed by atoms with Gasteiger partial charge in [-0.1, -0.05) is 87.9 Å². The number of hydrogen-bond donors (Lipinski definition) is 2. The number of hydrogen-bond acceptors (Lipinski definition) is 5. The Labute approximate surface area is 236 Å². The zero-order valence-electron chi connectivity index (χ0n) is 23.3. The molecule has 1 heterocycles. The van der Waals surface area contributed by atoms with E-state index in [1.54, 1.807) is 30.3 Å². The largest absolute Gasteiger partial charge is 0.465 e. The smallest absolute Gasteiger partial charge is 0.407 e. The predicted octanol–water partition coefficient (Wildman–Crippen LogP) is 5.11.